The Balaban J connectivity index is 2.52. The number of hydrogen-bond donors (Lipinski definition) is 1. The van der Waals surface area contributed by atoms with E-state index < -0.39 is 10.0 Å². The van der Waals surface area contributed by atoms with E-state index in [4.69, 9.17) is 0 Å². The van der Waals surface area contributed by atoms with Gasteiger partial charge in [-0.2, -0.15) is 0 Å². The van der Waals surface area contributed by atoms with Gasteiger partial charge in [-0.05, 0) is 43.2 Å². The molecular weight excluding hydrogens is 286 g/mol. The van der Waals surface area contributed by atoms with Gasteiger partial charge in [0.25, 0.3) is 10.0 Å². The van der Waals surface area contributed by atoms with Crippen molar-refractivity contribution in [1.82, 2.24) is 4.98 Å². The molecule has 0 aliphatic rings. The van der Waals surface area contributed by atoms with Gasteiger partial charge in [0.2, 0.25) is 0 Å². The van der Waals surface area contributed by atoms with Crippen LogP contribution in [0.5, 0.6) is 0 Å². The molecule has 0 spiro atoms. The van der Waals surface area contributed by atoms with Gasteiger partial charge in [0.1, 0.15) is 4.90 Å². The topological polar surface area (TPSA) is 62.3 Å². The number of sulfonamides is 1. The molecule has 21 heavy (non-hydrogen) atoms. The normalized spacial score (nSPS) is 11.2. The van der Waals surface area contributed by atoms with Gasteiger partial charge in [-0.25, -0.2) is 8.42 Å². The number of nitrogens with one attached hydrogen (secondary N) is 1. The lowest BCUT2D eigenvalue weighted by atomic mass is 10.1. The van der Waals surface area contributed by atoms with Crippen molar-refractivity contribution in [3.05, 3.63) is 47.8 Å². The third-order valence-corrected chi connectivity index (χ3v) is 5.08. The third kappa shape index (κ3) is 3.00. The molecule has 1 heterocycles. The minimum absolute atomic E-state index is 0.161. The van der Waals surface area contributed by atoms with Gasteiger partial charge < -0.3 is 5.32 Å². The van der Waals surface area contributed by atoms with E-state index in [2.05, 4.69) is 10.3 Å². The van der Waals surface area contributed by atoms with Crippen LogP contribution in [0.2, 0.25) is 0 Å². The van der Waals surface area contributed by atoms with Crippen LogP contribution in [-0.2, 0) is 10.0 Å². The summed E-state index contributed by atoms with van der Waals surface area (Å²) in [6.45, 7) is 3.89. The Morgan fingerprint density at radius 2 is 1.76 bits per heavy atom. The van der Waals surface area contributed by atoms with E-state index in [1.807, 2.05) is 32.0 Å². The van der Waals surface area contributed by atoms with E-state index in [1.54, 1.807) is 26.4 Å². The first-order chi connectivity index (χ1) is 9.86. The number of anilines is 2. The first kappa shape index (κ1) is 15.3. The minimum Gasteiger partial charge on any atom is -0.387 e. The lowest BCUT2D eigenvalue weighted by Crippen LogP contribution is -2.27. The average molecular weight is 305 g/mol. The summed E-state index contributed by atoms with van der Waals surface area (Å²) in [5, 5.41) is 2.88. The summed E-state index contributed by atoms with van der Waals surface area (Å²) >= 11 is 0. The monoisotopic (exact) mass is 305 g/mol. The predicted octanol–water partition coefficient (Wildman–Crippen LogP) is 2.57. The van der Waals surface area contributed by atoms with Crippen LogP contribution in [0, 0.1) is 13.8 Å². The second kappa shape index (κ2) is 5.73. The van der Waals surface area contributed by atoms with E-state index in [-0.39, 0.29) is 4.90 Å². The van der Waals surface area contributed by atoms with Crippen LogP contribution in [0.25, 0.3) is 0 Å². The molecule has 6 heteroatoms. The first-order valence-electron chi connectivity index (χ1n) is 6.55. The summed E-state index contributed by atoms with van der Waals surface area (Å²) in [4.78, 5) is 4.09. The highest BCUT2D eigenvalue weighted by Gasteiger charge is 2.24. The quantitative estimate of drug-likeness (QED) is 0.943. The second-order valence-corrected chi connectivity index (χ2v) is 6.88. The van der Waals surface area contributed by atoms with Crippen molar-refractivity contribution in [3.8, 4) is 0 Å². The van der Waals surface area contributed by atoms with Crippen LogP contribution >= 0.6 is 0 Å². The Bertz CT molecular complexity index is 737. The van der Waals surface area contributed by atoms with Crippen LogP contribution < -0.4 is 9.62 Å². The molecule has 1 aromatic heterocycles. The van der Waals surface area contributed by atoms with Crippen LogP contribution in [0.15, 0.2) is 41.6 Å². The fourth-order valence-electron chi connectivity index (χ4n) is 2.21. The van der Waals surface area contributed by atoms with Crippen LogP contribution in [0.3, 0.4) is 0 Å². The number of aromatic nitrogens is 1. The van der Waals surface area contributed by atoms with Crippen LogP contribution in [0.4, 0.5) is 11.4 Å². The molecule has 0 unspecified atom stereocenters. The van der Waals surface area contributed by atoms with Crippen molar-refractivity contribution >= 4 is 21.4 Å². The molecule has 0 bridgehead atoms. The Morgan fingerprint density at radius 3 is 2.33 bits per heavy atom. The molecule has 1 aromatic carbocycles. The molecule has 0 radical (unpaired) electrons. The van der Waals surface area contributed by atoms with E-state index in [9.17, 15) is 8.42 Å². The molecule has 0 fully saturated rings. The lowest BCUT2D eigenvalue weighted by molar-refractivity contribution is 0.594. The highest BCUT2D eigenvalue weighted by Crippen LogP contribution is 2.27. The van der Waals surface area contributed by atoms with Crippen molar-refractivity contribution in [2.45, 2.75) is 18.7 Å². The molecule has 0 aliphatic carbocycles. The molecule has 112 valence electrons. The van der Waals surface area contributed by atoms with E-state index >= 15 is 0 Å². The predicted molar refractivity (Wildman–Crippen MR) is 85.3 cm³/mol. The summed E-state index contributed by atoms with van der Waals surface area (Å²) in [5.41, 5.74) is 3.21. The summed E-state index contributed by atoms with van der Waals surface area (Å²) in [7, 11) is -0.423. The molecule has 5 nitrogen and oxygen atoms in total. The Kier molecular flexibility index (Phi) is 4.18. The molecule has 0 amide bonds. The molecule has 0 saturated heterocycles. The molecule has 2 aromatic rings. The SMILES string of the molecule is CNc1ccncc1S(=O)(=O)N(C)c1cc(C)cc(C)c1. The maximum atomic E-state index is 12.8. The number of nitrogens with zero attached hydrogens (tertiary/aromatic N) is 2. The lowest BCUT2D eigenvalue weighted by Gasteiger charge is -2.21. The zero-order valence-corrected chi connectivity index (χ0v) is 13.4. The highest BCUT2D eigenvalue weighted by atomic mass is 32.2. The molecule has 2 rings (SSSR count). The smallest absolute Gasteiger partial charge is 0.267 e. The van der Waals surface area contributed by atoms with Crippen molar-refractivity contribution in [2.24, 2.45) is 0 Å². The summed E-state index contributed by atoms with van der Waals surface area (Å²) in [6, 6.07) is 7.34. The molecule has 0 atom stereocenters. The van der Waals surface area contributed by atoms with Crippen molar-refractivity contribution < 1.29 is 8.42 Å². The standard InChI is InChI=1S/C15H19N3O2S/c1-11-7-12(2)9-13(8-11)18(4)21(19,20)15-10-17-6-5-14(15)16-3/h5-10H,1-4H3,(H,16,17). The third-order valence-electron chi connectivity index (χ3n) is 3.26. The fraction of sp³-hybridized carbons (Fsp3) is 0.267. The van der Waals surface area contributed by atoms with Gasteiger partial charge in [0.05, 0.1) is 11.4 Å². The molecular formula is C15H19N3O2S. The highest BCUT2D eigenvalue weighted by molar-refractivity contribution is 7.93. The van der Waals surface area contributed by atoms with Gasteiger partial charge in [-0.1, -0.05) is 6.07 Å². The Morgan fingerprint density at radius 1 is 1.14 bits per heavy atom. The average Bonchev–Trinajstić information content (AvgIpc) is 2.45. The van der Waals surface area contributed by atoms with Gasteiger partial charge in [0, 0.05) is 26.5 Å². The number of rotatable bonds is 4. The van der Waals surface area contributed by atoms with Gasteiger partial charge in [0.15, 0.2) is 0 Å². The summed E-state index contributed by atoms with van der Waals surface area (Å²) < 4.78 is 26.8. The maximum Gasteiger partial charge on any atom is 0.267 e. The van der Waals surface area contributed by atoms with Gasteiger partial charge >= 0.3 is 0 Å². The molecule has 0 aliphatic heterocycles. The Labute approximate surface area is 125 Å². The Hall–Kier alpha value is -2.08. The molecule has 0 saturated carbocycles. The van der Waals surface area contributed by atoms with Crippen molar-refractivity contribution in [2.75, 3.05) is 23.7 Å². The summed E-state index contributed by atoms with van der Waals surface area (Å²) in [6.07, 6.45) is 2.92. The number of benzene rings is 1. The second-order valence-electron chi connectivity index (χ2n) is 4.94. The van der Waals surface area contributed by atoms with Crippen molar-refractivity contribution in [3.63, 3.8) is 0 Å². The van der Waals surface area contributed by atoms with E-state index in [0.29, 0.717) is 11.4 Å². The maximum absolute atomic E-state index is 12.8. The van der Waals surface area contributed by atoms with Gasteiger partial charge in [-0.3, -0.25) is 9.29 Å². The zero-order chi connectivity index (χ0) is 15.6. The van der Waals surface area contributed by atoms with Crippen molar-refractivity contribution in [1.29, 1.82) is 0 Å². The van der Waals surface area contributed by atoms with E-state index in [0.717, 1.165) is 11.1 Å². The van der Waals surface area contributed by atoms with Gasteiger partial charge in [-0.15, -0.1) is 0 Å². The largest absolute Gasteiger partial charge is 0.387 e. The summed E-state index contributed by atoms with van der Waals surface area (Å²) in [5.74, 6) is 0. The number of aryl methyl sites for hydroxylation is 2. The fourth-order valence-corrected chi connectivity index (χ4v) is 3.53. The molecule has 1 N–H and O–H groups in total. The zero-order valence-electron chi connectivity index (χ0n) is 12.6. The number of pyridine rings is 1. The number of hydrogen-bond acceptors (Lipinski definition) is 4. The first-order valence-corrected chi connectivity index (χ1v) is 7.99. The minimum atomic E-state index is -3.66. The van der Waals surface area contributed by atoms with Crippen LogP contribution in [0.1, 0.15) is 11.1 Å². The van der Waals surface area contributed by atoms with E-state index in [1.165, 1.54) is 10.5 Å². The van der Waals surface area contributed by atoms with Crippen LogP contribution in [-0.4, -0.2) is 27.5 Å².